The molecule has 0 aliphatic carbocycles. The summed E-state index contributed by atoms with van der Waals surface area (Å²) in [6.07, 6.45) is 35.8. The maximum absolute atomic E-state index is 12.8. The number of unbranched alkanes of at least 4 members (excludes halogenated alkanes) is 21. The lowest BCUT2D eigenvalue weighted by molar-refractivity contribution is -0.305. The van der Waals surface area contributed by atoms with Gasteiger partial charge in [-0.2, -0.15) is 0 Å². The minimum absolute atomic E-state index is 0.212. The molecule has 332 valence electrons. The number of allylic oxidation sites excluding steroid dienone is 6. The number of hydrogen-bond acceptors (Lipinski definition) is 10. The molecule has 0 spiro atoms. The third-order valence-corrected chi connectivity index (χ3v) is 10.5. The van der Waals surface area contributed by atoms with E-state index in [0.717, 1.165) is 70.6 Å². The lowest BCUT2D eigenvalue weighted by Gasteiger charge is -2.39. The number of esters is 2. The Morgan fingerprint density at radius 2 is 1.04 bits per heavy atom. The van der Waals surface area contributed by atoms with Crippen molar-refractivity contribution in [2.45, 2.75) is 230 Å². The van der Waals surface area contributed by atoms with E-state index < -0.39 is 49.4 Å². The largest absolute Gasteiger partial charge is 0.462 e. The highest BCUT2D eigenvalue weighted by atomic mass is 16.7. The van der Waals surface area contributed by atoms with Crippen molar-refractivity contribution in [1.82, 2.24) is 0 Å². The van der Waals surface area contributed by atoms with Crippen molar-refractivity contribution in [2.75, 3.05) is 19.8 Å². The smallest absolute Gasteiger partial charge is 0.306 e. The Bertz CT molecular complexity index is 1030. The van der Waals surface area contributed by atoms with Crippen LogP contribution in [0.5, 0.6) is 0 Å². The van der Waals surface area contributed by atoms with E-state index in [9.17, 15) is 30.0 Å². The van der Waals surface area contributed by atoms with Crippen molar-refractivity contribution in [1.29, 1.82) is 0 Å². The Morgan fingerprint density at radius 1 is 0.561 bits per heavy atom. The van der Waals surface area contributed by atoms with Gasteiger partial charge >= 0.3 is 11.9 Å². The quantitative estimate of drug-likeness (QED) is 0.0270. The second kappa shape index (κ2) is 38.1. The fourth-order valence-electron chi connectivity index (χ4n) is 6.91. The Labute approximate surface area is 346 Å². The summed E-state index contributed by atoms with van der Waals surface area (Å²) in [5, 5.41) is 40.1. The van der Waals surface area contributed by atoms with Gasteiger partial charge in [0.05, 0.1) is 13.2 Å². The second-order valence-corrected chi connectivity index (χ2v) is 15.8. The van der Waals surface area contributed by atoms with Gasteiger partial charge in [0, 0.05) is 12.8 Å². The van der Waals surface area contributed by atoms with Crippen LogP contribution in [0.25, 0.3) is 0 Å². The zero-order valence-electron chi connectivity index (χ0n) is 36.1. The summed E-state index contributed by atoms with van der Waals surface area (Å²) in [4.78, 5) is 25.3. The summed E-state index contributed by atoms with van der Waals surface area (Å²) in [6.45, 7) is 3.31. The van der Waals surface area contributed by atoms with Gasteiger partial charge in [0.2, 0.25) is 0 Å². The van der Waals surface area contributed by atoms with Gasteiger partial charge < -0.3 is 39.4 Å². The Morgan fingerprint density at radius 3 is 1.56 bits per heavy atom. The molecule has 0 bridgehead atoms. The number of aliphatic hydroxyl groups is 4. The third-order valence-electron chi connectivity index (χ3n) is 10.5. The Hall–Kier alpha value is -2.08. The van der Waals surface area contributed by atoms with Gasteiger partial charge in [0.1, 0.15) is 31.0 Å². The monoisotopic (exact) mass is 809 g/mol. The highest BCUT2D eigenvalue weighted by Gasteiger charge is 2.44. The van der Waals surface area contributed by atoms with Gasteiger partial charge in [0.25, 0.3) is 0 Å². The topological polar surface area (TPSA) is 152 Å². The van der Waals surface area contributed by atoms with E-state index in [0.29, 0.717) is 6.42 Å². The zero-order chi connectivity index (χ0) is 41.6. The third kappa shape index (κ3) is 29.7. The molecule has 10 nitrogen and oxygen atoms in total. The number of carbonyl (C=O) groups is 2. The van der Waals surface area contributed by atoms with Crippen LogP contribution in [-0.4, -0.2) is 89.0 Å². The summed E-state index contributed by atoms with van der Waals surface area (Å²) < 4.78 is 22.2. The van der Waals surface area contributed by atoms with E-state index in [1.807, 2.05) is 0 Å². The molecule has 0 saturated carbocycles. The first-order valence-corrected chi connectivity index (χ1v) is 23.1. The molecule has 1 aliphatic rings. The standard InChI is InChI=1S/C47H84O10/c1-3-5-7-9-11-13-15-17-19-20-22-23-25-27-29-31-33-35-42(49)54-38-40(39-55-47-46(53)45(52)44(51)41(37-48)57-47)56-43(50)36-34-32-30-28-26-24-21-18-16-14-12-10-8-6-4-2/h6,8,12,14,18,21,40-41,44-48,51-53H,3-5,7,9-11,13,15-17,19-20,22-39H2,1-2H3/b8-6+,14-12+,21-18+/t40-,41-,44+,45?,46?,47-/m0/s1. The van der Waals surface area contributed by atoms with Gasteiger partial charge in [-0.15, -0.1) is 0 Å². The molecule has 0 amide bonds. The molecule has 6 atom stereocenters. The van der Waals surface area contributed by atoms with Crippen molar-refractivity contribution in [3.63, 3.8) is 0 Å². The van der Waals surface area contributed by atoms with Crippen molar-refractivity contribution < 1.29 is 49.0 Å². The Balaban J connectivity index is 2.31. The first-order chi connectivity index (χ1) is 27.8. The van der Waals surface area contributed by atoms with Gasteiger partial charge in [0.15, 0.2) is 12.4 Å². The summed E-state index contributed by atoms with van der Waals surface area (Å²) in [5.74, 6) is -0.821. The first-order valence-electron chi connectivity index (χ1n) is 23.1. The maximum Gasteiger partial charge on any atom is 0.306 e. The van der Waals surface area contributed by atoms with Crippen LogP contribution in [0.1, 0.15) is 194 Å². The molecule has 1 aliphatic heterocycles. The van der Waals surface area contributed by atoms with Crippen LogP contribution >= 0.6 is 0 Å². The highest BCUT2D eigenvalue weighted by Crippen LogP contribution is 2.23. The molecule has 0 aromatic heterocycles. The molecule has 0 aromatic carbocycles. The van der Waals surface area contributed by atoms with Crippen LogP contribution in [0.2, 0.25) is 0 Å². The number of rotatable bonds is 38. The highest BCUT2D eigenvalue weighted by molar-refractivity contribution is 5.70. The van der Waals surface area contributed by atoms with E-state index >= 15 is 0 Å². The first kappa shape index (κ1) is 52.9. The molecule has 57 heavy (non-hydrogen) atoms. The number of ether oxygens (including phenoxy) is 4. The predicted octanol–water partition coefficient (Wildman–Crippen LogP) is 9.89. The van der Waals surface area contributed by atoms with Crippen LogP contribution in [0.15, 0.2) is 36.5 Å². The van der Waals surface area contributed by atoms with Crippen molar-refractivity contribution in [3.05, 3.63) is 36.5 Å². The van der Waals surface area contributed by atoms with E-state index in [2.05, 4.69) is 50.3 Å². The molecule has 4 N–H and O–H groups in total. The molecule has 1 fully saturated rings. The number of aliphatic hydroxyl groups excluding tert-OH is 4. The summed E-state index contributed by atoms with van der Waals surface area (Å²) in [6, 6.07) is 0. The molecule has 0 radical (unpaired) electrons. The van der Waals surface area contributed by atoms with Crippen LogP contribution < -0.4 is 0 Å². The van der Waals surface area contributed by atoms with Crippen molar-refractivity contribution >= 4 is 11.9 Å². The lowest BCUT2D eigenvalue weighted by Crippen LogP contribution is -2.59. The molecule has 1 heterocycles. The molecule has 2 unspecified atom stereocenters. The molecular formula is C47H84O10. The minimum Gasteiger partial charge on any atom is -0.462 e. The van der Waals surface area contributed by atoms with Gasteiger partial charge in [-0.05, 0) is 44.9 Å². The summed E-state index contributed by atoms with van der Waals surface area (Å²) in [7, 11) is 0. The zero-order valence-corrected chi connectivity index (χ0v) is 36.1. The predicted molar refractivity (Wildman–Crippen MR) is 229 cm³/mol. The average molecular weight is 809 g/mol. The second-order valence-electron chi connectivity index (χ2n) is 15.8. The molecule has 0 aromatic rings. The van der Waals surface area contributed by atoms with Gasteiger partial charge in [-0.3, -0.25) is 9.59 Å². The maximum atomic E-state index is 12.8. The normalized spacial score (nSPS) is 20.6. The fourth-order valence-corrected chi connectivity index (χ4v) is 6.91. The molecule has 1 rings (SSSR count). The van der Waals surface area contributed by atoms with Crippen LogP contribution in [0.3, 0.4) is 0 Å². The number of carbonyl (C=O) groups excluding carboxylic acids is 2. The SMILES string of the molecule is CC/C=C/C/C=C/C/C=C/CCCCCCCC(=O)O[C@@H](COC(=O)CCCCCCCCCCCCCCCCCCC)CO[C@H]1O[C@@H](CO)[C@@H](O)C(O)C1O. The summed E-state index contributed by atoms with van der Waals surface area (Å²) >= 11 is 0. The fraction of sp³-hybridized carbons (Fsp3) is 0.830. The van der Waals surface area contributed by atoms with E-state index in [-0.39, 0.29) is 32.0 Å². The van der Waals surface area contributed by atoms with Crippen molar-refractivity contribution in [3.8, 4) is 0 Å². The van der Waals surface area contributed by atoms with Crippen LogP contribution in [0.4, 0.5) is 0 Å². The average Bonchev–Trinajstić information content (AvgIpc) is 3.21. The van der Waals surface area contributed by atoms with E-state index in [1.165, 1.54) is 89.9 Å². The minimum atomic E-state index is -1.60. The summed E-state index contributed by atoms with van der Waals surface area (Å²) in [5.41, 5.74) is 0. The molecule has 10 heteroatoms. The van der Waals surface area contributed by atoms with Gasteiger partial charge in [-0.1, -0.05) is 172 Å². The van der Waals surface area contributed by atoms with E-state index in [1.54, 1.807) is 0 Å². The van der Waals surface area contributed by atoms with E-state index in [4.69, 9.17) is 18.9 Å². The van der Waals surface area contributed by atoms with Gasteiger partial charge in [-0.25, -0.2) is 0 Å². The molecular weight excluding hydrogens is 725 g/mol. The van der Waals surface area contributed by atoms with Crippen LogP contribution in [-0.2, 0) is 28.5 Å². The number of hydrogen-bond donors (Lipinski definition) is 4. The Kier molecular flexibility index (Phi) is 35.4. The van der Waals surface area contributed by atoms with Crippen molar-refractivity contribution in [2.24, 2.45) is 0 Å². The lowest BCUT2D eigenvalue weighted by atomic mass is 9.99. The van der Waals surface area contributed by atoms with Crippen LogP contribution in [0, 0.1) is 0 Å². The molecule has 1 saturated heterocycles.